The van der Waals surface area contributed by atoms with Crippen LogP contribution in [0.25, 0.3) is 0 Å². The Morgan fingerprint density at radius 1 is 1.00 bits per heavy atom. The first-order valence-corrected chi connectivity index (χ1v) is 6.24. The molecule has 2 aromatic carbocycles. The number of carbonyl (C=O) groups excluding carboxylic acids is 1. The van der Waals surface area contributed by atoms with E-state index in [2.05, 4.69) is 0 Å². The molecule has 4 heteroatoms. The van der Waals surface area contributed by atoms with E-state index < -0.39 is 5.97 Å². The van der Waals surface area contributed by atoms with Gasteiger partial charge in [0.25, 0.3) is 0 Å². The molecule has 0 bridgehead atoms. The van der Waals surface area contributed by atoms with Crippen molar-refractivity contribution in [3.8, 4) is 11.5 Å². The zero-order valence-corrected chi connectivity index (χ0v) is 11.5. The molecule has 2 rings (SSSR count). The van der Waals surface area contributed by atoms with Gasteiger partial charge in [0.2, 0.25) is 0 Å². The average molecular weight is 274 g/mol. The SMILES string of the molecule is CC(C)O.O=C(Oc1ccccc1)c1ccccc1O. The Kier molecular flexibility index (Phi) is 6.26. The summed E-state index contributed by atoms with van der Waals surface area (Å²) < 4.78 is 5.08. The summed E-state index contributed by atoms with van der Waals surface area (Å²) in [6.45, 7) is 3.44. The molecule has 0 atom stereocenters. The summed E-state index contributed by atoms with van der Waals surface area (Å²) in [5.41, 5.74) is 0.159. The van der Waals surface area contributed by atoms with Crippen molar-refractivity contribution in [2.75, 3.05) is 0 Å². The average Bonchev–Trinajstić information content (AvgIpc) is 2.39. The van der Waals surface area contributed by atoms with Gasteiger partial charge in [-0.3, -0.25) is 0 Å². The molecule has 0 spiro atoms. The number of hydrogen-bond acceptors (Lipinski definition) is 4. The van der Waals surface area contributed by atoms with Crippen molar-refractivity contribution in [2.24, 2.45) is 0 Å². The molecule has 0 radical (unpaired) electrons. The van der Waals surface area contributed by atoms with E-state index >= 15 is 0 Å². The normalized spacial score (nSPS) is 9.60. The number of benzene rings is 2. The topological polar surface area (TPSA) is 66.8 Å². The fourth-order valence-corrected chi connectivity index (χ4v) is 1.30. The quantitative estimate of drug-likeness (QED) is 0.652. The molecule has 0 unspecified atom stereocenters. The van der Waals surface area contributed by atoms with Gasteiger partial charge in [-0.15, -0.1) is 0 Å². The summed E-state index contributed by atoms with van der Waals surface area (Å²) in [5, 5.41) is 17.5. The number of aliphatic hydroxyl groups is 1. The highest BCUT2D eigenvalue weighted by Crippen LogP contribution is 2.18. The van der Waals surface area contributed by atoms with Crippen LogP contribution in [0.3, 0.4) is 0 Å². The zero-order chi connectivity index (χ0) is 15.0. The van der Waals surface area contributed by atoms with Crippen molar-refractivity contribution in [2.45, 2.75) is 20.0 Å². The monoisotopic (exact) mass is 274 g/mol. The lowest BCUT2D eigenvalue weighted by Gasteiger charge is -2.04. The van der Waals surface area contributed by atoms with E-state index in [1.165, 1.54) is 12.1 Å². The maximum Gasteiger partial charge on any atom is 0.347 e. The van der Waals surface area contributed by atoms with E-state index in [9.17, 15) is 9.90 Å². The molecule has 20 heavy (non-hydrogen) atoms. The van der Waals surface area contributed by atoms with Gasteiger partial charge >= 0.3 is 5.97 Å². The molecular formula is C16H18O4. The van der Waals surface area contributed by atoms with Gasteiger partial charge in [0.05, 0.1) is 0 Å². The fraction of sp³-hybridized carbons (Fsp3) is 0.188. The molecule has 0 aliphatic rings. The van der Waals surface area contributed by atoms with Gasteiger partial charge in [-0.2, -0.15) is 0 Å². The molecule has 0 aliphatic heterocycles. The summed E-state index contributed by atoms with van der Waals surface area (Å²) >= 11 is 0. The highest BCUT2D eigenvalue weighted by Gasteiger charge is 2.12. The van der Waals surface area contributed by atoms with Crippen LogP contribution in [0.4, 0.5) is 0 Å². The molecule has 0 aliphatic carbocycles. The van der Waals surface area contributed by atoms with E-state index in [0.717, 1.165) is 0 Å². The van der Waals surface area contributed by atoms with Crippen molar-refractivity contribution >= 4 is 5.97 Å². The van der Waals surface area contributed by atoms with Gasteiger partial charge in [-0.05, 0) is 38.1 Å². The van der Waals surface area contributed by atoms with Gasteiger partial charge < -0.3 is 14.9 Å². The van der Waals surface area contributed by atoms with E-state index in [1.807, 2.05) is 6.07 Å². The Bertz CT molecular complexity index is 532. The second-order valence-corrected chi connectivity index (χ2v) is 4.31. The minimum Gasteiger partial charge on any atom is -0.507 e. The van der Waals surface area contributed by atoms with Gasteiger partial charge in [0.15, 0.2) is 0 Å². The summed E-state index contributed by atoms with van der Waals surface area (Å²) in [5.74, 6) is -0.191. The third-order valence-electron chi connectivity index (χ3n) is 2.08. The van der Waals surface area contributed by atoms with Crippen LogP contribution in [0.2, 0.25) is 0 Å². The number of phenolic OH excluding ortho intramolecular Hbond substituents is 1. The highest BCUT2D eigenvalue weighted by molar-refractivity contribution is 5.93. The number of para-hydroxylation sites is 2. The van der Waals surface area contributed by atoms with E-state index in [4.69, 9.17) is 9.84 Å². The third-order valence-corrected chi connectivity index (χ3v) is 2.08. The van der Waals surface area contributed by atoms with E-state index in [1.54, 1.807) is 50.2 Å². The van der Waals surface area contributed by atoms with Crippen molar-refractivity contribution < 1.29 is 19.7 Å². The zero-order valence-electron chi connectivity index (χ0n) is 11.5. The van der Waals surface area contributed by atoms with Crippen molar-refractivity contribution in [3.05, 3.63) is 60.2 Å². The van der Waals surface area contributed by atoms with Gasteiger partial charge in [-0.25, -0.2) is 4.79 Å². The molecule has 106 valence electrons. The van der Waals surface area contributed by atoms with Crippen LogP contribution in [0, 0.1) is 0 Å². The first-order chi connectivity index (χ1) is 9.50. The minimum atomic E-state index is -0.565. The minimum absolute atomic E-state index is 0.0802. The Morgan fingerprint density at radius 3 is 2.05 bits per heavy atom. The second-order valence-electron chi connectivity index (χ2n) is 4.31. The Labute approximate surface area is 118 Å². The first kappa shape index (κ1) is 15.7. The van der Waals surface area contributed by atoms with E-state index in [-0.39, 0.29) is 17.4 Å². The number of aliphatic hydroxyl groups excluding tert-OH is 1. The summed E-state index contributed by atoms with van der Waals surface area (Å²) in [6, 6.07) is 15.0. The molecule has 0 heterocycles. The van der Waals surface area contributed by atoms with Crippen molar-refractivity contribution in [3.63, 3.8) is 0 Å². The van der Waals surface area contributed by atoms with Crippen LogP contribution in [0.15, 0.2) is 54.6 Å². The Morgan fingerprint density at radius 2 is 1.50 bits per heavy atom. The van der Waals surface area contributed by atoms with E-state index in [0.29, 0.717) is 5.75 Å². The summed E-state index contributed by atoms with van der Waals surface area (Å²) in [4.78, 5) is 11.7. The summed E-state index contributed by atoms with van der Waals surface area (Å²) in [6.07, 6.45) is -0.167. The molecule has 0 fully saturated rings. The van der Waals surface area contributed by atoms with Gasteiger partial charge in [-0.1, -0.05) is 30.3 Å². The molecule has 0 amide bonds. The van der Waals surface area contributed by atoms with Crippen LogP contribution < -0.4 is 4.74 Å². The summed E-state index contributed by atoms with van der Waals surface area (Å²) in [7, 11) is 0. The van der Waals surface area contributed by atoms with Crippen LogP contribution in [0.5, 0.6) is 11.5 Å². The fourth-order valence-electron chi connectivity index (χ4n) is 1.30. The van der Waals surface area contributed by atoms with Crippen LogP contribution in [-0.2, 0) is 0 Å². The lowest BCUT2D eigenvalue weighted by Crippen LogP contribution is -2.08. The van der Waals surface area contributed by atoms with Crippen LogP contribution in [-0.4, -0.2) is 22.3 Å². The number of phenols is 1. The molecule has 0 saturated heterocycles. The maximum atomic E-state index is 11.7. The molecular weight excluding hydrogens is 256 g/mol. The van der Waals surface area contributed by atoms with Gasteiger partial charge in [0, 0.05) is 6.10 Å². The molecule has 0 aromatic heterocycles. The number of ether oxygens (including phenoxy) is 1. The first-order valence-electron chi connectivity index (χ1n) is 6.24. The Balaban J connectivity index is 0.000000444. The molecule has 2 N–H and O–H groups in total. The van der Waals surface area contributed by atoms with Crippen LogP contribution >= 0.6 is 0 Å². The highest BCUT2D eigenvalue weighted by atomic mass is 16.5. The largest absolute Gasteiger partial charge is 0.507 e. The van der Waals surface area contributed by atoms with Crippen molar-refractivity contribution in [1.82, 2.24) is 0 Å². The number of carbonyl (C=O) groups is 1. The van der Waals surface area contributed by atoms with Crippen molar-refractivity contribution in [1.29, 1.82) is 0 Å². The molecule has 2 aromatic rings. The molecule has 4 nitrogen and oxygen atoms in total. The predicted molar refractivity (Wildman–Crippen MR) is 76.9 cm³/mol. The number of hydrogen-bond donors (Lipinski definition) is 2. The second kappa shape index (κ2) is 7.96. The third kappa shape index (κ3) is 5.54. The molecule has 0 saturated carbocycles. The van der Waals surface area contributed by atoms with Gasteiger partial charge in [0.1, 0.15) is 17.1 Å². The number of aromatic hydroxyl groups is 1. The van der Waals surface area contributed by atoms with Crippen LogP contribution in [0.1, 0.15) is 24.2 Å². The lowest BCUT2D eigenvalue weighted by atomic mass is 10.2. The predicted octanol–water partition coefficient (Wildman–Crippen LogP) is 3.00. The lowest BCUT2D eigenvalue weighted by molar-refractivity contribution is 0.0731. The standard InChI is InChI=1S/C13H10O3.C3H8O/c14-12-9-5-4-8-11(12)13(15)16-10-6-2-1-3-7-10;1-3(2)4/h1-9,14H;3-4H,1-2H3. The Hall–Kier alpha value is -2.33. The number of rotatable bonds is 2. The maximum absolute atomic E-state index is 11.7. The number of esters is 1. The smallest absolute Gasteiger partial charge is 0.347 e.